The number of sulfonamides is 1. The molecule has 1 aromatic heterocycles. The third-order valence-corrected chi connectivity index (χ3v) is 5.92. The van der Waals surface area contributed by atoms with Crippen LogP contribution in [0.5, 0.6) is 5.75 Å². The molecule has 7 nitrogen and oxygen atoms in total. The van der Waals surface area contributed by atoms with Gasteiger partial charge in [-0.3, -0.25) is 9.78 Å². The van der Waals surface area contributed by atoms with Crippen LogP contribution in [0, 0.1) is 0 Å². The van der Waals surface area contributed by atoms with Crippen molar-refractivity contribution in [1.82, 2.24) is 15.0 Å². The summed E-state index contributed by atoms with van der Waals surface area (Å²) < 4.78 is 33.3. The van der Waals surface area contributed by atoms with Gasteiger partial charge >= 0.3 is 0 Å². The molecule has 0 bridgehead atoms. The first-order valence-corrected chi connectivity index (χ1v) is 10.8. The van der Waals surface area contributed by atoms with Gasteiger partial charge in [-0.1, -0.05) is 36.4 Å². The van der Waals surface area contributed by atoms with Crippen molar-refractivity contribution >= 4 is 15.9 Å². The summed E-state index contributed by atoms with van der Waals surface area (Å²) in [6, 6.07) is 19.6. The van der Waals surface area contributed by atoms with Gasteiger partial charge in [0.15, 0.2) is 0 Å². The van der Waals surface area contributed by atoms with Crippen LogP contribution in [-0.4, -0.2) is 32.5 Å². The van der Waals surface area contributed by atoms with Crippen LogP contribution in [0.1, 0.15) is 11.3 Å². The maximum atomic E-state index is 12.9. The van der Waals surface area contributed by atoms with Gasteiger partial charge in [0.25, 0.3) is 0 Å². The molecule has 2 N–H and O–H groups in total. The standard InChI is InChI=1S/C22H23N3O4S/c1-29-19-10-12-20(13-11-19)30(27,28)25-21(15-17-7-3-2-4-8-17)22(26)24-16-18-9-5-6-14-23-18/h2-14,21,25H,15-16H2,1H3,(H,24,26). The molecular formula is C22H23N3O4S. The van der Waals surface area contributed by atoms with Crippen LogP contribution < -0.4 is 14.8 Å². The average molecular weight is 426 g/mol. The van der Waals surface area contributed by atoms with Crippen LogP contribution in [0.3, 0.4) is 0 Å². The molecule has 0 saturated carbocycles. The number of hydrogen-bond donors (Lipinski definition) is 2. The summed E-state index contributed by atoms with van der Waals surface area (Å²) in [5.74, 6) is 0.115. The summed E-state index contributed by atoms with van der Waals surface area (Å²) in [5.41, 5.74) is 1.52. The van der Waals surface area contributed by atoms with Crippen LogP contribution in [0.15, 0.2) is 83.9 Å². The third-order valence-electron chi connectivity index (χ3n) is 4.44. The van der Waals surface area contributed by atoms with Crippen LogP contribution in [-0.2, 0) is 27.8 Å². The van der Waals surface area contributed by atoms with Crippen molar-refractivity contribution in [3.8, 4) is 5.75 Å². The Hall–Kier alpha value is -3.23. The Morgan fingerprint density at radius 3 is 2.33 bits per heavy atom. The largest absolute Gasteiger partial charge is 0.497 e. The minimum Gasteiger partial charge on any atom is -0.497 e. The average Bonchev–Trinajstić information content (AvgIpc) is 2.78. The molecule has 0 aliphatic carbocycles. The minimum absolute atomic E-state index is 0.0545. The molecule has 0 spiro atoms. The van der Waals surface area contributed by atoms with Crippen molar-refractivity contribution in [1.29, 1.82) is 0 Å². The predicted octanol–water partition coefficient (Wildman–Crippen LogP) is 2.30. The molecule has 3 aromatic rings. The Morgan fingerprint density at radius 1 is 1.00 bits per heavy atom. The van der Waals surface area contributed by atoms with E-state index in [2.05, 4.69) is 15.0 Å². The van der Waals surface area contributed by atoms with Crippen LogP contribution in [0.2, 0.25) is 0 Å². The van der Waals surface area contributed by atoms with Gasteiger partial charge in [-0.05, 0) is 48.4 Å². The molecule has 0 radical (unpaired) electrons. The van der Waals surface area contributed by atoms with E-state index in [1.807, 2.05) is 36.4 Å². The normalized spacial score (nSPS) is 12.2. The zero-order valence-electron chi connectivity index (χ0n) is 16.5. The number of ether oxygens (including phenoxy) is 1. The minimum atomic E-state index is -3.91. The number of carbonyl (C=O) groups excluding carboxylic acids is 1. The van der Waals surface area contributed by atoms with Gasteiger partial charge in [0.2, 0.25) is 15.9 Å². The summed E-state index contributed by atoms with van der Waals surface area (Å²) in [6.07, 6.45) is 1.85. The number of nitrogens with one attached hydrogen (secondary N) is 2. The third kappa shape index (κ3) is 5.88. The zero-order chi connectivity index (χ0) is 21.4. The fraction of sp³-hybridized carbons (Fsp3) is 0.182. The summed E-state index contributed by atoms with van der Waals surface area (Å²) in [4.78, 5) is 17.1. The van der Waals surface area contributed by atoms with E-state index in [4.69, 9.17) is 4.74 Å². The van der Waals surface area contributed by atoms with Crippen LogP contribution in [0.25, 0.3) is 0 Å². The second-order valence-electron chi connectivity index (χ2n) is 6.58. The Morgan fingerprint density at radius 2 is 1.70 bits per heavy atom. The summed E-state index contributed by atoms with van der Waals surface area (Å²) in [6.45, 7) is 0.204. The monoisotopic (exact) mass is 425 g/mol. The molecule has 2 aromatic carbocycles. The van der Waals surface area contributed by atoms with Gasteiger partial charge in [-0.25, -0.2) is 8.42 Å². The van der Waals surface area contributed by atoms with E-state index >= 15 is 0 Å². The lowest BCUT2D eigenvalue weighted by molar-refractivity contribution is -0.122. The second-order valence-corrected chi connectivity index (χ2v) is 8.29. The van der Waals surface area contributed by atoms with Crippen LogP contribution in [0.4, 0.5) is 0 Å². The number of amides is 1. The lowest BCUT2D eigenvalue weighted by atomic mass is 10.1. The first kappa shape index (κ1) is 21.5. The Kier molecular flexibility index (Phi) is 7.16. The van der Waals surface area contributed by atoms with Crippen molar-refractivity contribution in [3.05, 3.63) is 90.3 Å². The van der Waals surface area contributed by atoms with Gasteiger partial charge in [0, 0.05) is 6.20 Å². The molecule has 1 amide bonds. The van der Waals surface area contributed by atoms with Crippen molar-refractivity contribution in [2.75, 3.05) is 7.11 Å². The number of carbonyl (C=O) groups is 1. The molecule has 30 heavy (non-hydrogen) atoms. The molecule has 156 valence electrons. The van der Waals surface area contributed by atoms with E-state index in [1.54, 1.807) is 30.5 Å². The highest BCUT2D eigenvalue weighted by Gasteiger charge is 2.26. The predicted molar refractivity (Wildman–Crippen MR) is 113 cm³/mol. The number of pyridine rings is 1. The molecule has 8 heteroatoms. The van der Waals surface area contributed by atoms with Crippen LogP contribution >= 0.6 is 0 Å². The molecule has 1 heterocycles. The molecule has 1 unspecified atom stereocenters. The highest BCUT2D eigenvalue weighted by molar-refractivity contribution is 7.89. The van der Waals surface area contributed by atoms with Gasteiger partial charge in [-0.2, -0.15) is 4.72 Å². The molecule has 3 rings (SSSR count). The topological polar surface area (TPSA) is 97.4 Å². The summed E-state index contributed by atoms with van der Waals surface area (Å²) in [5, 5.41) is 2.76. The van der Waals surface area contributed by atoms with E-state index in [-0.39, 0.29) is 17.9 Å². The lowest BCUT2D eigenvalue weighted by Crippen LogP contribution is -2.47. The van der Waals surface area contributed by atoms with E-state index in [9.17, 15) is 13.2 Å². The first-order chi connectivity index (χ1) is 14.5. The fourth-order valence-corrected chi connectivity index (χ4v) is 4.05. The zero-order valence-corrected chi connectivity index (χ0v) is 17.3. The first-order valence-electron chi connectivity index (χ1n) is 9.36. The molecule has 1 atom stereocenters. The molecule has 0 saturated heterocycles. The molecule has 0 fully saturated rings. The lowest BCUT2D eigenvalue weighted by Gasteiger charge is -2.19. The number of nitrogens with zero attached hydrogens (tertiary/aromatic N) is 1. The second kappa shape index (κ2) is 10.00. The van der Waals surface area contributed by atoms with Crippen molar-refractivity contribution in [3.63, 3.8) is 0 Å². The van der Waals surface area contributed by atoms with E-state index in [0.29, 0.717) is 11.4 Å². The highest BCUT2D eigenvalue weighted by atomic mass is 32.2. The molecular weight excluding hydrogens is 402 g/mol. The quantitative estimate of drug-likeness (QED) is 0.548. The summed E-state index contributed by atoms with van der Waals surface area (Å²) in [7, 11) is -2.41. The smallest absolute Gasteiger partial charge is 0.241 e. The van der Waals surface area contributed by atoms with Crippen molar-refractivity contribution < 1.29 is 17.9 Å². The molecule has 0 aliphatic rings. The van der Waals surface area contributed by atoms with Gasteiger partial charge < -0.3 is 10.1 Å². The Labute approximate surface area is 176 Å². The number of methoxy groups -OCH3 is 1. The van der Waals surface area contributed by atoms with E-state index in [0.717, 1.165) is 5.56 Å². The maximum absolute atomic E-state index is 12.9. The summed E-state index contributed by atoms with van der Waals surface area (Å²) >= 11 is 0. The number of aromatic nitrogens is 1. The number of rotatable bonds is 9. The van der Waals surface area contributed by atoms with E-state index in [1.165, 1.54) is 19.2 Å². The molecule has 0 aliphatic heterocycles. The number of benzene rings is 2. The van der Waals surface area contributed by atoms with Gasteiger partial charge in [-0.15, -0.1) is 0 Å². The number of hydrogen-bond acceptors (Lipinski definition) is 5. The SMILES string of the molecule is COc1ccc(S(=O)(=O)NC(Cc2ccccc2)C(=O)NCc2ccccn2)cc1. The van der Waals surface area contributed by atoms with E-state index < -0.39 is 22.0 Å². The highest BCUT2D eigenvalue weighted by Crippen LogP contribution is 2.16. The fourth-order valence-electron chi connectivity index (χ4n) is 2.85. The van der Waals surface area contributed by atoms with Crippen molar-refractivity contribution in [2.45, 2.75) is 23.9 Å². The Balaban J connectivity index is 1.78. The Bertz CT molecular complexity index is 1060. The van der Waals surface area contributed by atoms with Gasteiger partial charge in [0.05, 0.1) is 24.2 Å². The van der Waals surface area contributed by atoms with Gasteiger partial charge in [0.1, 0.15) is 11.8 Å². The van der Waals surface area contributed by atoms with Crippen molar-refractivity contribution in [2.24, 2.45) is 0 Å². The maximum Gasteiger partial charge on any atom is 0.241 e.